The molecule has 30 heavy (non-hydrogen) atoms. The largest absolute Gasteiger partial charge is 0.492 e. The third kappa shape index (κ3) is 7.73. The number of para-hydroxylation sites is 1. The fraction of sp³-hybridized carbons (Fsp3) is 0.409. The Bertz CT molecular complexity index is 755. The van der Waals surface area contributed by atoms with Crippen molar-refractivity contribution in [3.63, 3.8) is 0 Å². The highest BCUT2D eigenvalue weighted by molar-refractivity contribution is 14.0. The molecule has 1 atom stereocenters. The van der Waals surface area contributed by atoms with E-state index in [0.717, 1.165) is 24.4 Å². The van der Waals surface area contributed by atoms with Crippen molar-refractivity contribution in [3.05, 3.63) is 66.0 Å². The van der Waals surface area contributed by atoms with Crippen LogP contribution in [-0.4, -0.2) is 63.9 Å². The number of ether oxygens (including phenoxy) is 2. The number of halogens is 2. The predicted molar refractivity (Wildman–Crippen MR) is 128 cm³/mol. The van der Waals surface area contributed by atoms with E-state index in [0.29, 0.717) is 38.9 Å². The van der Waals surface area contributed by atoms with Gasteiger partial charge in [-0.05, 0) is 29.8 Å². The van der Waals surface area contributed by atoms with Crippen molar-refractivity contribution in [2.24, 2.45) is 4.99 Å². The average Bonchev–Trinajstić information content (AvgIpc) is 2.78. The van der Waals surface area contributed by atoms with E-state index in [2.05, 4.69) is 20.5 Å². The molecule has 1 aliphatic heterocycles. The summed E-state index contributed by atoms with van der Waals surface area (Å²) >= 11 is 0. The van der Waals surface area contributed by atoms with Crippen molar-refractivity contribution < 1.29 is 13.9 Å². The maximum Gasteiger partial charge on any atom is 0.191 e. The molecule has 0 saturated carbocycles. The first-order valence-corrected chi connectivity index (χ1v) is 9.96. The summed E-state index contributed by atoms with van der Waals surface area (Å²) < 4.78 is 24.5. The molecule has 0 spiro atoms. The summed E-state index contributed by atoms with van der Waals surface area (Å²) in [6.07, 6.45) is 0. The van der Waals surface area contributed by atoms with Gasteiger partial charge < -0.3 is 20.1 Å². The van der Waals surface area contributed by atoms with Gasteiger partial charge in [0.1, 0.15) is 18.2 Å². The Balaban J connectivity index is 0.00000320. The standard InChI is InChI=1S/C22H29FN4O2.HI/c1-24-22(25-11-14-29-20-5-3-2-4-6-20)26-17-21(27-12-15-28-16-13-27)18-7-9-19(23)10-8-18;/h2-10,21H,11-17H2,1H3,(H2,24,25,26);1H. The molecule has 164 valence electrons. The topological polar surface area (TPSA) is 58.1 Å². The Morgan fingerprint density at radius 3 is 2.47 bits per heavy atom. The molecule has 1 unspecified atom stereocenters. The summed E-state index contributed by atoms with van der Waals surface area (Å²) in [5.41, 5.74) is 1.07. The smallest absolute Gasteiger partial charge is 0.191 e. The van der Waals surface area contributed by atoms with Crippen molar-refractivity contribution in [2.75, 3.05) is 53.0 Å². The number of aliphatic imine (C=N–C) groups is 1. The van der Waals surface area contributed by atoms with Gasteiger partial charge in [0.25, 0.3) is 0 Å². The first-order chi connectivity index (χ1) is 14.3. The number of morpholine rings is 1. The minimum atomic E-state index is -0.224. The monoisotopic (exact) mass is 528 g/mol. The number of nitrogens with one attached hydrogen (secondary N) is 2. The number of nitrogens with zero attached hydrogens (tertiary/aromatic N) is 2. The molecule has 0 bridgehead atoms. The van der Waals surface area contributed by atoms with Crippen LogP contribution in [0.2, 0.25) is 0 Å². The number of rotatable bonds is 8. The molecule has 6 nitrogen and oxygen atoms in total. The zero-order valence-electron chi connectivity index (χ0n) is 17.2. The van der Waals surface area contributed by atoms with Crippen LogP contribution < -0.4 is 15.4 Å². The van der Waals surface area contributed by atoms with Crippen molar-refractivity contribution in [3.8, 4) is 5.75 Å². The maximum atomic E-state index is 13.4. The third-order valence-electron chi connectivity index (χ3n) is 4.83. The lowest BCUT2D eigenvalue weighted by Gasteiger charge is -2.35. The fourth-order valence-corrected chi connectivity index (χ4v) is 3.30. The summed E-state index contributed by atoms with van der Waals surface area (Å²) in [5, 5.41) is 6.65. The Hall–Kier alpha value is -1.91. The lowest BCUT2D eigenvalue weighted by atomic mass is 10.0. The van der Waals surface area contributed by atoms with Gasteiger partial charge in [-0.25, -0.2) is 4.39 Å². The number of guanidine groups is 1. The van der Waals surface area contributed by atoms with E-state index in [1.54, 1.807) is 7.05 Å². The highest BCUT2D eigenvalue weighted by Gasteiger charge is 2.23. The average molecular weight is 528 g/mol. The van der Waals surface area contributed by atoms with Crippen LogP contribution >= 0.6 is 24.0 Å². The third-order valence-corrected chi connectivity index (χ3v) is 4.83. The molecule has 0 aliphatic carbocycles. The molecule has 1 aliphatic rings. The Morgan fingerprint density at radius 1 is 1.10 bits per heavy atom. The molecule has 3 rings (SSSR count). The van der Waals surface area contributed by atoms with Crippen LogP contribution in [-0.2, 0) is 4.74 Å². The summed E-state index contributed by atoms with van der Waals surface area (Å²) in [4.78, 5) is 6.65. The van der Waals surface area contributed by atoms with Gasteiger partial charge in [0.15, 0.2) is 5.96 Å². The zero-order valence-corrected chi connectivity index (χ0v) is 19.6. The Labute approximate surface area is 194 Å². The minimum Gasteiger partial charge on any atom is -0.492 e. The molecule has 1 fully saturated rings. The van der Waals surface area contributed by atoms with Crippen molar-refractivity contribution in [1.29, 1.82) is 0 Å². The fourth-order valence-electron chi connectivity index (χ4n) is 3.30. The highest BCUT2D eigenvalue weighted by atomic mass is 127. The molecule has 2 aromatic carbocycles. The normalized spacial score (nSPS) is 15.7. The number of hydrogen-bond acceptors (Lipinski definition) is 4. The van der Waals surface area contributed by atoms with Gasteiger partial charge in [-0.2, -0.15) is 0 Å². The summed E-state index contributed by atoms with van der Waals surface area (Å²) in [6.45, 7) is 4.94. The van der Waals surface area contributed by atoms with E-state index in [-0.39, 0.29) is 35.8 Å². The van der Waals surface area contributed by atoms with Gasteiger partial charge in [-0.3, -0.25) is 9.89 Å². The van der Waals surface area contributed by atoms with Crippen LogP contribution in [0.5, 0.6) is 5.75 Å². The van der Waals surface area contributed by atoms with E-state index >= 15 is 0 Å². The summed E-state index contributed by atoms with van der Waals surface area (Å²) in [7, 11) is 1.75. The van der Waals surface area contributed by atoms with Crippen LogP contribution in [0.1, 0.15) is 11.6 Å². The van der Waals surface area contributed by atoms with Crippen LogP contribution in [0.4, 0.5) is 4.39 Å². The van der Waals surface area contributed by atoms with E-state index in [4.69, 9.17) is 9.47 Å². The molecule has 0 amide bonds. The van der Waals surface area contributed by atoms with Crippen LogP contribution in [0.3, 0.4) is 0 Å². The second kappa shape index (κ2) is 13.4. The van der Waals surface area contributed by atoms with Gasteiger partial charge in [-0.15, -0.1) is 24.0 Å². The minimum absolute atomic E-state index is 0. The summed E-state index contributed by atoms with van der Waals surface area (Å²) in [5.74, 6) is 1.33. The molecule has 0 radical (unpaired) electrons. The molecule has 0 aromatic heterocycles. The quantitative estimate of drug-likeness (QED) is 0.239. The Kier molecular flexibility index (Phi) is 10.9. The first kappa shape index (κ1) is 24.4. The molecular weight excluding hydrogens is 498 g/mol. The predicted octanol–water partition coefficient (Wildman–Crippen LogP) is 3.06. The molecule has 1 saturated heterocycles. The van der Waals surface area contributed by atoms with E-state index in [1.807, 2.05) is 42.5 Å². The van der Waals surface area contributed by atoms with Gasteiger partial charge in [0, 0.05) is 26.7 Å². The first-order valence-electron chi connectivity index (χ1n) is 9.96. The van der Waals surface area contributed by atoms with Crippen LogP contribution in [0, 0.1) is 5.82 Å². The van der Waals surface area contributed by atoms with Gasteiger partial charge in [0.05, 0.1) is 25.8 Å². The van der Waals surface area contributed by atoms with Gasteiger partial charge in [-0.1, -0.05) is 30.3 Å². The molecule has 1 heterocycles. The highest BCUT2D eigenvalue weighted by Crippen LogP contribution is 2.21. The number of benzene rings is 2. The SMILES string of the molecule is CN=C(NCCOc1ccccc1)NCC(c1ccc(F)cc1)N1CCOCC1.I. The van der Waals surface area contributed by atoms with Gasteiger partial charge >= 0.3 is 0 Å². The molecule has 2 aromatic rings. The maximum absolute atomic E-state index is 13.4. The zero-order chi connectivity index (χ0) is 20.3. The lowest BCUT2D eigenvalue weighted by molar-refractivity contribution is 0.0170. The summed E-state index contributed by atoms with van der Waals surface area (Å²) in [6, 6.07) is 16.6. The molecular formula is C22H30FIN4O2. The second-order valence-corrected chi connectivity index (χ2v) is 6.76. The second-order valence-electron chi connectivity index (χ2n) is 6.76. The van der Waals surface area contributed by atoms with Gasteiger partial charge in [0.2, 0.25) is 0 Å². The lowest BCUT2D eigenvalue weighted by Crippen LogP contribution is -2.46. The van der Waals surface area contributed by atoms with E-state index in [1.165, 1.54) is 12.1 Å². The van der Waals surface area contributed by atoms with Crippen molar-refractivity contribution in [2.45, 2.75) is 6.04 Å². The van der Waals surface area contributed by atoms with E-state index in [9.17, 15) is 4.39 Å². The van der Waals surface area contributed by atoms with Crippen LogP contribution in [0.25, 0.3) is 0 Å². The van der Waals surface area contributed by atoms with Crippen molar-refractivity contribution >= 4 is 29.9 Å². The number of hydrogen-bond donors (Lipinski definition) is 2. The van der Waals surface area contributed by atoms with Crippen LogP contribution in [0.15, 0.2) is 59.6 Å². The Morgan fingerprint density at radius 2 is 1.80 bits per heavy atom. The molecule has 8 heteroatoms. The molecule has 2 N–H and O–H groups in total. The van der Waals surface area contributed by atoms with E-state index < -0.39 is 0 Å². The van der Waals surface area contributed by atoms with Crippen molar-refractivity contribution in [1.82, 2.24) is 15.5 Å².